The first kappa shape index (κ1) is 16.2. The largest absolute Gasteiger partial charge is 0.309 e. The summed E-state index contributed by atoms with van der Waals surface area (Å²) in [5.74, 6) is -0.187. The topological polar surface area (TPSA) is 12.0 Å². The maximum atomic E-state index is 14.3. The molecule has 0 aliphatic heterocycles. The van der Waals surface area contributed by atoms with Gasteiger partial charge < -0.3 is 5.32 Å². The lowest BCUT2D eigenvalue weighted by molar-refractivity contribution is 0.573. The molecule has 1 unspecified atom stereocenters. The lowest BCUT2D eigenvalue weighted by atomic mass is 9.91. The minimum atomic E-state index is -0.187. The van der Waals surface area contributed by atoms with Crippen LogP contribution < -0.4 is 5.32 Å². The van der Waals surface area contributed by atoms with Crippen molar-refractivity contribution in [3.05, 3.63) is 68.9 Å². The van der Waals surface area contributed by atoms with Crippen molar-refractivity contribution in [3.63, 3.8) is 0 Å². The van der Waals surface area contributed by atoms with Gasteiger partial charge in [0, 0.05) is 10.0 Å². The average Bonchev–Trinajstić information content (AvgIpc) is 2.49. The van der Waals surface area contributed by atoms with Crippen molar-refractivity contribution in [3.8, 4) is 0 Å². The first-order valence-corrected chi connectivity index (χ1v) is 8.13. The predicted octanol–water partition coefficient (Wildman–Crippen LogP) is 5.02. The Balaban J connectivity index is 2.54. The van der Waals surface area contributed by atoms with Crippen LogP contribution in [0.1, 0.15) is 42.1 Å². The van der Waals surface area contributed by atoms with Crippen LogP contribution in [-0.2, 0) is 12.8 Å². The Morgan fingerprint density at radius 3 is 2.38 bits per heavy atom. The number of nitrogens with one attached hydrogen (secondary N) is 1. The molecule has 0 aromatic heterocycles. The lowest BCUT2D eigenvalue weighted by Crippen LogP contribution is -2.20. The van der Waals surface area contributed by atoms with Crippen molar-refractivity contribution in [2.75, 3.05) is 7.05 Å². The van der Waals surface area contributed by atoms with E-state index in [4.69, 9.17) is 0 Å². The molecule has 0 aliphatic carbocycles. The molecule has 0 saturated heterocycles. The van der Waals surface area contributed by atoms with Crippen molar-refractivity contribution in [2.24, 2.45) is 0 Å². The van der Waals surface area contributed by atoms with E-state index >= 15 is 0 Å². The minimum Gasteiger partial charge on any atom is -0.309 e. The van der Waals surface area contributed by atoms with Crippen LogP contribution in [0.25, 0.3) is 0 Å². The van der Waals surface area contributed by atoms with E-state index in [1.54, 1.807) is 0 Å². The second-order valence-corrected chi connectivity index (χ2v) is 6.04. The van der Waals surface area contributed by atoms with Crippen molar-refractivity contribution in [1.82, 2.24) is 5.32 Å². The van der Waals surface area contributed by atoms with Gasteiger partial charge >= 0.3 is 0 Å². The molecule has 0 fully saturated rings. The van der Waals surface area contributed by atoms with Gasteiger partial charge in [0.15, 0.2) is 0 Å². The summed E-state index contributed by atoms with van der Waals surface area (Å²) in [7, 11) is 1.88. The molecule has 0 heterocycles. The van der Waals surface area contributed by atoms with E-state index < -0.39 is 0 Å². The number of benzene rings is 2. The number of hydrogen-bond acceptors (Lipinski definition) is 1. The zero-order valence-corrected chi connectivity index (χ0v) is 14.3. The summed E-state index contributed by atoms with van der Waals surface area (Å²) in [4.78, 5) is 0. The Morgan fingerprint density at radius 2 is 1.81 bits per heavy atom. The van der Waals surface area contributed by atoms with Gasteiger partial charge in [-0.1, -0.05) is 54.0 Å². The minimum absolute atomic E-state index is 0.125. The molecule has 0 spiro atoms. The molecule has 0 saturated carbocycles. The maximum Gasteiger partial charge on any atom is 0.129 e. The van der Waals surface area contributed by atoms with Crippen LogP contribution in [-0.4, -0.2) is 7.05 Å². The Morgan fingerprint density at radius 1 is 1.05 bits per heavy atom. The summed E-state index contributed by atoms with van der Waals surface area (Å²) in [6.45, 7) is 4.27. The van der Waals surface area contributed by atoms with Crippen LogP contribution in [0.5, 0.6) is 0 Å². The summed E-state index contributed by atoms with van der Waals surface area (Å²) >= 11 is 3.31. The van der Waals surface area contributed by atoms with Crippen LogP contribution in [0.3, 0.4) is 0 Å². The average molecular weight is 350 g/mol. The fraction of sp³-hybridized carbons (Fsp3) is 0.333. The Hall–Kier alpha value is -1.19. The van der Waals surface area contributed by atoms with E-state index in [0.29, 0.717) is 5.56 Å². The van der Waals surface area contributed by atoms with Crippen LogP contribution in [0.4, 0.5) is 4.39 Å². The van der Waals surface area contributed by atoms with Crippen molar-refractivity contribution >= 4 is 15.9 Å². The van der Waals surface area contributed by atoms with Gasteiger partial charge in [0.2, 0.25) is 0 Å². The van der Waals surface area contributed by atoms with Gasteiger partial charge in [0.25, 0.3) is 0 Å². The Labute approximate surface area is 134 Å². The molecule has 0 bridgehead atoms. The van der Waals surface area contributed by atoms with Gasteiger partial charge in [-0.2, -0.15) is 0 Å². The third-order valence-electron chi connectivity index (χ3n) is 3.87. The van der Waals surface area contributed by atoms with E-state index in [1.165, 1.54) is 22.8 Å². The Kier molecular flexibility index (Phi) is 5.54. The number of rotatable bonds is 5. The van der Waals surface area contributed by atoms with Crippen LogP contribution in [0, 0.1) is 5.82 Å². The summed E-state index contributed by atoms with van der Waals surface area (Å²) < 4.78 is 15.1. The smallest absolute Gasteiger partial charge is 0.129 e. The van der Waals surface area contributed by atoms with Gasteiger partial charge in [-0.05, 0) is 48.7 Å². The summed E-state index contributed by atoms with van der Waals surface area (Å²) in [5.41, 5.74) is 4.39. The lowest BCUT2D eigenvalue weighted by Gasteiger charge is -2.22. The molecule has 21 heavy (non-hydrogen) atoms. The molecule has 0 radical (unpaired) electrons. The van der Waals surface area contributed by atoms with Crippen LogP contribution in [0.15, 0.2) is 40.9 Å². The number of aryl methyl sites for hydroxylation is 2. The first-order chi connectivity index (χ1) is 10.1. The molecule has 1 atom stereocenters. The zero-order chi connectivity index (χ0) is 15.4. The van der Waals surface area contributed by atoms with Crippen molar-refractivity contribution < 1.29 is 4.39 Å². The van der Waals surface area contributed by atoms with Gasteiger partial charge in [0.05, 0.1) is 6.04 Å². The first-order valence-electron chi connectivity index (χ1n) is 7.34. The second-order valence-electron chi connectivity index (χ2n) is 5.13. The molecular formula is C18H21BrFN. The second kappa shape index (κ2) is 7.19. The van der Waals surface area contributed by atoms with E-state index in [0.717, 1.165) is 17.3 Å². The van der Waals surface area contributed by atoms with Gasteiger partial charge in [0.1, 0.15) is 5.82 Å². The fourth-order valence-electron chi connectivity index (χ4n) is 2.67. The monoisotopic (exact) mass is 349 g/mol. The van der Waals surface area contributed by atoms with Crippen molar-refractivity contribution in [1.29, 1.82) is 0 Å². The van der Waals surface area contributed by atoms with Crippen LogP contribution >= 0.6 is 15.9 Å². The molecule has 1 N–H and O–H groups in total. The summed E-state index contributed by atoms with van der Waals surface area (Å²) in [5, 5.41) is 3.27. The molecule has 2 aromatic carbocycles. The van der Waals surface area contributed by atoms with E-state index in [9.17, 15) is 4.39 Å². The van der Waals surface area contributed by atoms with Gasteiger partial charge in [-0.25, -0.2) is 4.39 Å². The highest BCUT2D eigenvalue weighted by molar-refractivity contribution is 9.10. The molecule has 2 aromatic rings. The fourth-order valence-corrected chi connectivity index (χ4v) is 3.00. The molecule has 112 valence electrons. The summed E-state index contributed by atoms with van der Waals surface area (Å²) in [6.07, 6.45) is 1.92. The number of hydrogen-bond donors (Lipinski definition) is 1. The highest BCUT2D eigenvalue weighted by Gasteiger charge is 2.19. The quantitative estimate of drug-likeness (QED) is 0.798. The normalized spacial score (nSPS) is 12.4. The van der Waals surface area contributed by atoms with E-state index in [-0.39, 0.29) is 11.9 Å². The molecule has 3 heteroatoms. The molecule has 0 amide bonds. The Bertz CT molecular complexity index is 625. The third-order valence-corrected chi connectivity index (χ3v) is 4.37. The van der Waals surface area contributed by atoms with Crippen molar-refractivity contribution in [2.45, 2.75) is 32.7 Å². The molecule has 1 nitrogen and oxygen atoms in total. The van der Waals surface area contributed by atoms with E-state index in [2.05, 4.69) is 53.3 Å². The summed E-state index contributed by atoms with van der Waals surface area (Å²) in [6, 6.07) is 11.6. The maximum absolute atomic E-state index is 14.3. The highest BCUT2D eigenvalue weighted by Crippen LogP contribution is 2.29. The van der Waals surface area contributed by atoms with Crippen LogP contribution in [0.2, 0.25) is 0 Å². The third kappa shape index (κ3) is 3.53. The molecule has 0 aliphatic rings. The highest BCUT2D eigenvalue weighted by atomic mass is 79.9. The molecule has 2 rings (SSSR count). The van der Waals surface area contributed by atoms with E-state index in [1.807, 2.05) is 19.2 Å². The predicted molar refractivity (Wildman–Crippen MR) is 90.2 cm³/mol. The number of halogens is 2. The standard InChI is InChI=1S/C18H21BrFN/c1-4-12-6-7-13(5-2)16(10-12)18(21-3)15-9-8-14(19)11-17(15)20/h6-11,18,21H,4-5H2,1-3H3. The SMILES string of the molecule is CCc1ccc(CC)c(C(NC)c2ccc(Br)cc2F)c1. The molecular weight excluding hydrogens is 329 g/mol. The van der Waals surface area contributed by atoms with Gasteiger partial charge in [-0.15, -0.1) is 0 Å². The zero-order valence-electron chi connectivity index (χ0n) is 12.7. The van der Waals surface area contributed by atoms with Gasteiger partial charge in [-0.3, -0.25) is 0 Å².